The molecule has 0 unspecified atom stereocenters. The Kier molecular flexibility index (Phi) is 4.57. The summed E-state index contributed by atoms with van der Waals surface area (Å²) in [6, 6.07) is 11.1. The Bertz CT molecular complexity index is 826. The first-order chi connectivity index (χ1) is 11.2. The van der Waals surface area contributed by atoms with E-state index >= 15 is 0 Å². The van der Waals surface area contributed by atoms with E-state index in [4.69, 9.17) is 0 Å². The van der Waals surface area contributed by atoms with Gasteiger partial charge in [-0.2, -0.15) is 0 Å². The second-order valence-electron chi connectivity index (χ2n) is 4.60. The van der Waals surface area contributed by atoms with Crippen molar-refractivity contribution in [3.63, 3.8) is 0 Å². The van der Waals surface area contributed by atoms with Crippen molar-refractivity contribution in [3.8, 4) is 0 Å². The number of carbonyl (C=O) groups excluding carboxylic acids is 1. The van der Waals surface area contributed by atoms with Crippen LogP contribution >= 0.6 is 11.8 Å². The van der Waals surface area contributed by atoms with Crippen molar-refractivity contribution >= 4 is 23.5 Å². The van der Waals surface area contributed by atoms with Crippen LogP contribution in [0.25, 0.3) is 0 Å². The Morgan fingerprint density at radius 2 is 2.13 bits per heavy atom. The van der Waals surface area contributed by atoms with Gasteiger partial charge in [-0.05, 0) is 5.56 Å². The first kappa shape index (κ1) is 15.1. The van der Waals surface area contributed by atoms with Gasteiger partial charge in [0.15, 0.2) is 11.0 Å². The summed E-state index contributed by atoms with van der Waals surface area (Å²) in [5.41, 5.74) is 0.665. The average Bonchev–Trinajstić information content (AvgIpc) is 3.18. The fraction of sp³-hybridized carbons (Fsp3) is 0.143. The standard InChI is InChI=1S/C14H13N5O3S/c20-12(15-11-6-7-22-18-11)9-23-14-17-16-13(21)19(14)8-10-4-2-1-3-5-10/h1-7H,8-9H2,(H,16,21)(H,15,18,20). The molecule has 23 heavy (non-hydrogen) atoms. The summed E-state index contributed by atoms with van der Waals surface area (Å²) in [6.07, 6.45) is 1.37. The number of hydrogen-bond donors (Lipinski definition) is 2. The van der Waals surface area contributed by atoms with Crippen molar-refractivity contribution in [2.24, 2.45) is 0 Å². The highest BCUT2D eigenvalue weighted by Gasteiger charge is 2.12. The van der Waals surface area contributed by atoms with Gasteiger partial charge in [0.25, 0.3) is 0 Å². The highest BCUT2D eigenvalue weighted by molar-refractivity contribution is 7.99. The second kappa shape index (κ2) is 6.97. The minimum atomic E-state index is -0.312. The van der Waals surface area contributed by atoms with E-state index in [0.717, 1.165) is 5.56 Å². The van der Waals surface area contributed by atoms with Gasteiger partial charge in [0.1, 0.15) is 6.26 Å². The Labute approximate surface area is 134 Å². The third-order valence-electron chi connectivity index (χ3n) is 2.94. The lowest BCUT2D eigenvalue weighted by molar-refractivity contribution is -0.113. The molecule has 8 nitrogen and oxygen atoms in total. The van der Waals surface area contributed by atoms with Crippen molar-refractivity contribution < 1.29 is 9.32 Å². The number of nitrogens with one attached hydrogen (secondary N) is 2. The number of H-pyrrole nitrogens is 1. The zero-order valence-corrected chi connectivity index (χ0v) is 12.7. The van der Waals surface area contributed by atoms with Crippen molar-refractivity contribution in [2.45, 2.75) is 11.7 Å². The van der Waals surface area contributed by atoms with Crippen LogP contribution in [0.4, 0.5) is 5.82 Å². The highest BCUT2D eigenvalue weighted by Crippen LogP contribution is 2.15. The van der Waals surface area contributed by atoms with Crippen LogP contribution in [0.5, 0.6) is 0 Å². The number of anilines is 1. The molecule has 3 rings (SSSR count). The number of nitrogens with zero attached hydrogens (tertiary/aromatic N) is 3. The van der Waals surface area contributed by atoms with E-state index in [1.807, 2.05) is 30.3 Å². The van der Waals surface area contributed by atoms with Gasteiger partial charge in [-0.3, -0.25) is 9.36 Å². The number of rotatable bonds is 6. The van der Waals surface area contributed by atoms with E-state index in [1.54, 1.807) is 6.07 Å². The predicted molar refractivity (Wildman–Crippen MR) is 84.2 cm³/mol. The first-order valence-electron chi connectivity index (χ1n) is 6.74. The van der Waals surface area contributed by atoms with Gasteiger partial charge in [-0.1, -0.05) is 47.3 Å². The molecule has 0 saturated carbocycles. The molecule has 9 heteroatoms. The van der Waals surface area contributed by atoms with E-state index in [9.17, 15) is 9.59 Å². The van der Waals surface area contributed by atoms with Crippen LogP contribution in [0.2, 0.25) is 0 Å². The quantitative estimate of drug-likeness (QED) is 0.660. The fourth-order valence-electron chi connectivity index (χ4n) is 1.90. The molecule has 1 amide bonds. The molecular formula is C14H13N5O3S. The maximum absolute atomic E-state index is 11.9. The van der Waals surface area contributed by atoms with Crippen LogP contribution in [0, 0.1) is 0 Å². The lowest BCUT2D eigenvalue weighted by atomic mass is 10.2. The zero-order chi connectivity index (χ0) is 16.1. The topological polar surface area (TPSA) is 106 Å². The number of thioether (sulfide) groups is 1. The minimum Gasteiger partial charge on any atom is -0.363 e. The van der Waals surface area contributed by atoms with Gasteiger partial charge in [0, 0.05) is 6.07 Å². The van der Waals surface area contributed by atoms with E-state index in [0.29, 0.717) is 17.5 Å². The molecule has 3 aromatic rings. The number of aromatic amines is 1. The van der Waals surface area contributed by atoms with Crippen LogP contribution in [0.1, 0.15) is 5.56 Å². The van der Waals surface area contributed by atoms with Crippen molar-refractivity contribution in [1.29, 1.82) is 0 Å². The minimum absolute atomic E-state index is 0.103. The second-order valence-corrected chi connectivity index (χ2v) is 5.55. The van der Waals surface area contributed by atoms with Crippen molar-refractivity contribution in [3.05, 3.63) is 58.7 Å². The van der Waals surface area contributed by atoms with Crippen LogP contribution in [-0.4, -0.2) is 31.6 Å². The summed E-state index contributed by atoms with van der Waals surface area (Å²) in [6.45, 7) is 0.392. The molecule has 0 saturated heterocycles. The summed E-state index contributed by atoms with van der Waals surface area (Å²) in [5.74, 6) is 0.191. The van der Waals surface area contributed by atoms with Gasteiger partial charge in [-0.25, -0.2) is 9.89 Å². The SMILES string of the molecule is O=C(CSc1n[nH]c(=O)n1Cc1ccccc1)Nc1ccon1. The summed E-state index contributed by atoms with van der Waals surface area (Å²) in [4.78, 5) is 23.7. The van der Waals surface area contributed by atoms with Gasteiger partial charge >= 0.3 is 5.69 Å². The first-order valence-corrected chi connectivity index (χ1v) is 7.73. The molecule has 0 radical (unpaired) electrons. The van der Waals surface area contributed by atoms with Gasteiger partial charge in [-0.15, -0.1) is 5.10 Å². The summed E-state index contributed by atoms with van der Waals surface area (Å²) in [7, 11) is 0. The lowest BCUT2D eigenvalue weighted by Crippen LogP contribution is -2.19. The molecule has 2 N–H and O–H groups in total. The predicted octanol–water partition coefficient (Wildman–Crippen LogP) is 1.34. The van der Waals surface area contributed by atoms with E-state index in [2.05, 4.69) is 25.2 Å². The van der Waals surface area contributed by atoms with Crippen LogP contribution in [0.15, 0.2) is 57.1 Å². The molecule has 0 aliphatic carbocycles. The average molecular weight is 331 g/mol. The molecule has 1 aromatic carbocycles. The van der Waals surface area contributed by atoms with Crippen molar-refractivity contribution in [1.82, 2.24) is 19.9 Å². The molecule has 0 aliphatic rings. The van der Waals surface area contributed by atoms with Crippen LogP contribution in [-0.2, 0) is 11.3 Å². The Hall–Kier alpha value is -2.81. The maximum atomic E-state index is 11.9. The fourth-order valence-corrected chi connectivity index (χ4v) is 2.65. The molecule has 118 valence electrons. The molecule has 0 spiro atoms. The maximum Gasteiger partial charge on any atom is 0.344 e. The highest BCUT2D eigenvalue weighted by atomic mass is 32.2. The smallest absolute Gasteiger partial charge is 0.344 e. The third-order valence-corrected chi connectivity index (χ3v) is 3.92. The number of benzene rings is 1. The lowest BCUT2D eigenvalue weighted by Gasteiger charge is -2.05. The number of hydrogen-bond acceptors (Lipinski definition) is 6. The Morgan fingerprint density at radius 1 is 1.30 bits per heavy atom. The number of amides is 1. The van der Waals surface area contributed by atoms with E-state index in [1.165, 1.54) is 22.6 Å². The van der Waals surface area contributed by atoms with E-state index < -0.39 is 0 Å². The van der Waals surface area contributed by atoms with Gasteiger partial charge in [0.2, 0.25) is 5.91 Å². The Balaban J connectivity index is 1.64. The largest absolute Gasteiger partial charge is 0.363 e. The van der Waals surface area contributed by atoms with Crippen LogP contribution in [0.3, 0.4) is 0 Å². The van der Waals surface area contributed by atoms with Gasteiger partial charge < -0.3 is 9.84 Å². The molecular weight excluding hydrogens is 318 g/mol. The summed E-state index contributed by atoms with van der Waals surface area (Å²) in [5, 5.41) is 13.0. The van der Waals surface area contributed by atoms with Crippen LogP contribution < -0.4 is 11.0 Å². The molecule has 0 aliphatic heterocycles. The monoisotopic (exact) mass is 331 g/mol. The normalized spacial score (nSPS) is 10.6. The number of carbonyl (C=O) groups is 1. The zero-order valence-electron chi connectivity index (χ0n) is 11.9. The third kappa shape index (κ3) is 3.89. The molecule has 0 atom stereocenters. The van der Waals surface area contributed by atoms with Gasteiger partial charge in [0.05, 0.1) is 12.3 Å². The molecule has 2 aromatic heterocycles. The Morgan fingerprint density at radius 3 is 2.87 bits per heavy atom. The molecule has 0 fully saturated rings. The van der Waals surface area contributed by atoms with E-state index in [-0.39, 0.29) is 17.3 Å². The molecule has 0 bridgehead atoms. The number of aromatic nitrogens is 4. The summed E-state index contributed by atoms with van der Waals surface area (Å²) >= 11 is 1.17. The molecule has 2 heterocycles. The van der Waals surface area contributed by atoms with Crippen molar-refractivity contribution in [2.75, 3.05) is 11.1 Å². The summed E-state index contributed by atoms with van der Waals surface area (Å²) < 4.78 is 6.12.